The van der Waals surface area contributed by atoms with Gasteiger partial charge in [0.1, 0.15) is 6.34 Å². The summed E-state index contributed by atoms with van der Waals surface area (Å²) in [6.45, 7) is 1.25. The second-order valence-electron chi connectivity index (χ2n) is 3.93. The fourth-order valence-corrected chi connectivity index (χ4v) is 1.77. The van der Waals surface area contributed by atoms with Gasteiger partial charge in [0.25, 0.3) is 0 Å². The highest BCUT2D eigenvalue weighted by molar-refractivity contribution is 5.91. The van der Waals surface area contributed by atoms with E-state index in [4.69, 9.17) is 4.84 Å². The number of aliphatic imine (C=N–C) groups is 1. The minimum absolute atomic E-state index is 0.300. The summed E-state index contributed by atoms with van der Waals surface area (Å²) in [4.78, 5) is 25.2. The number of nitrogens with zero attached hydrogens (tertiary/aromatic N) is 3. The molecule has 2 heterocycles. The van der Waals surface area contributed by atoms with Crippen LogP contribution >= 0.6 is 0 Å². The molecule has 5 heteroatoms. The number of aromatic nitrogens is 1. The fourth-order valence-electron chi connectivity index (χ4n) is 1.77. The van der Waals surface area contributed by atoms with Gasteiger partial charge >= 0.3 is 5.97 Å². The molecule has 0 bridgehead atoms. The maximum atomic E-state index is 11.9. The zero-order valence-corrected chi connectivity index (χ0v) is 9.61. The van der Waals surface area contributed by atoms with Gasteiger partial charge in [0, 0.05) is 5.39 Å². The Morgan fingerprint density at radius 3 is 2.94 bits per heavy atom. The van der Waals surface area contributed by atoms with Gasteiger partial charge in [-0.1, -0.05) is 24.3 Å². The number of para-hydroxylation sites is 1. The fraction of sp³-hybridized carbons (Fsp3) is 0.154. The number of benzene rings is 1. The molecule has 0 amide bonds. The molecule has 0 saturated carbocycles. The molecule has 0 aliphatic carbocycles. The van der Waals surface area contributed by atoms with Crippen molar-refractivity contribution < 1.29 is 9.63 Å². The minimum atomic E-state index is -0.464. The smallest absolute Gasteiger partial charge is 0.333 e. The number of carbonyl (C=O) groups is 1. The molecule has 1 aromatic heterocycles. The van der Waals surface area contributed by atoms with E-state index in [2.05, 4.69) is 9.98 Å². The van der Waals surface area contributed by atoms with Crippen LogP contribution in [-0.2, 0) is 4.84 Å². The third-order valence-corrected chi connectivity index (χ3v) is 2.67. The second kappa shape index (κ2) is 4.44. The Morgan fingerprint density at radius 1 is 1.22 bits per heavy atom. The Morgan fingerprint density at radius 2 is 2.11 bits per heavy atom. The predicted molar refractivity (Wildman–Crippen MR) is 67.2 cm³/mol. The SMILES string of the molecule is O=C(ON1C=NCC1)c1ccc2ccccc2n1. The summed E-state index contributed by atoms with van der Waals surface area (Å²) in [6, 6.07) is 11.2. The van der Waals surface area contributed by atoms with Crippen molar-refractivity contribution in [1.82, 2.24) is 10.0 Å². The van der Waals surface area contributed by atoms with Crippen LogP contribution in [0.3, 0.4) is 0 Å². The molecule has 0 atom stereocenters. The number of hydrogen-bond donors (Lipinski definition) is 0. The van der Waals surface area contributed by atoms with Crippen molar-refractivity contribution in [1.29, 1.82) is 0 Å². The highest BCUT2D eigenvalue weighted by Gasteiger charge is 2.15. The lowest BCUT2D eigenvalue weighted by molar-refractivity contribution is -0.0459. The van der Waals surface area contributed by atoms with Gasteiger partial charge < -0.3 is 4.84 Å². The third kappa shape index (κ3) is 2.02. The molecule has 1 aromatic carbocycles. The van der Waals surface area contributed by atoms with Crippen molar-refractivity contribution in [3.05, 3.63) is 42.1 Å². The molecule has 0 spiro atoms. The molecule has 0 radical (unpaired) electrons. The summed E-state index contributed by atoms with van der Waals surface area (Å²) in [5.74, 6) is -0.464. The average molecular weight is 241 g/mol. The van der Waals surface area contributed by atoms with Gasteiger partial charge in [-0.3, -0.25) is 4.99 Å². The van der Waals surface area contributed by atoms with Crippen LogP contribution < -0.4 is 0 Å². The number of hydroxylamine groups is 2. The molecule has 18 heavy (non-hydrogen) atoms. The van der Waals surface area contributed by atoms with Crippen molar-refractivity contribution in [3.63, 3.8) is 0 Å². The van der Waals surface area contributed by atoms with E-state index in [-0.39, 0.29) is 0 Å². The Labute approximate surface area is 104 Å². The molecular weight excluding hydrogens is 230 g/mol. The standard InChI is InChI=1S/C13H11N3O2/c17-13(18-16-8-7-14-9-16)12-6-5-10-3-1-2-4-11(10)15-12/h1-6,9H,7-8H2. The average Bonchev–Trinajstić information content (AvgIpc) is 2.91. The van der Waals surface area contributed by atoms with E-state index in [0.29, 0.717) is 18.8 Å². The lowest BCUT2D eigenvalue weighted by atomic mass is 10.2. The Bertz CT molecular complexity index is 624. The molecule has 0 N–H and O–H groups in total. The van der Waals surface area contributed by atoms with Crippen LogP contribution in [0.25, 0.3) is 10.9 Å². The van der Waals surface area contributed by atoms with Gasteiger partial charge in [-0.05, 0) is 12.1 Å². The van der Waals surface area contributed by atoms with Gasteiger partial charge in [0.15, 0.2) is 5.69 Å². The maximum Gasteiger partial charge on any atom is 0.381 e. The van der Waals surface area contributed by atoms with E-state index in [0.717, 1.165) is 10.9 Å². The summed E-state index contributed by atoms with van der Waals surface area (Å²) in [5.41, 5.74) is 1.08. The molecule has 0 unspecified atom stereocenters. The van der Waals surface area contributed by atoms with Crippen molar-refractivity contribution >= 4 is 23.2 Å². The summed E-state index contributed by atoms with van der Waals surface area (Å²) in [7, 11) is 0. The lowest BCUT2D eigenvalue weighted by Gasteiger charge is -2.12. The number of carbonyl (C=O) groups excluding carboxylic acids is 1. The van der Waals surface area contributed by atoms with E-state index in [1.54, 1.807) is 6.07 Å². The Hall–Kier alpha value is -2.43. The summed E-state index contributed by atoms with van der Waals surface area (Å²) in [5, 5.41) is 2.41. The van der Waals surface area contributed by atoms with Gasteiger partial charge in [-0.25, -0.2) is 9.78 Å². The van der Waals surface area contributed by atoms with Gasteiger partial charge in [0.05, 0.1) is 18.6 Å². The van der Waals surface area contributed by atoms with E-state index >= 15 is 0 Å². The zero-order valence-electron chi connectivity index (χ0n) is 9.61. The van der Waals surface area contributed by atoms with Crippen LogP contribution in [0.15, 0.2) is 41.4 Å². The first-order valence-corrected chi connectivity index (χ1v) is 5.67. The molecule has 90 valence electrons. The number of fused-ring (bicyclic) bond motifs is 1. The van der Waals surface area contributed by atoms with Crippen molar-refractivity contribution in [2.24, 2.45) is 4.99 Å². The molecule has 1 aliphatic rings. The first kappa shape index (κ1) is 10.7. The molecule has 3 rings (SSSR count). The number of pyridine rings is 1. The van der Waals surface area contributed by atoms with E-state index in [1.807, 2.05) is 30.3 Å². The highest BCUT2D eigenvalue weighted by atomic mass is 16.7. The largest absolute Gasteiger partial charge is 0.381 e. The minimum Gasteiger partial charge on any atom is -0.333 e. The molecule has 2 aromatic rings. The van der Waals surface area contributed by atoms with Crippen LogP contribution in [0.1, 0.15) is 10.5 Å². The van der Waals surface area contributed by atoms with Crippen LogP contribution in [0.5, 0.6) is 0 Å². The van der Waals surface area contributed by atoms with Crippen molar-refractivity contribution in [3.8, 4) is 0 Å². The lowest BCUT2D eigenvalue weighted by Crippen LogP contribution is -2.24. The van der Waals surface area contributed by atoms with Crippen LogP contribution in [0, 0.1) is 0 Å². The van der Waals surface area contributed by atoms with Gasteiger partial charge in [0.2, 0.25) is 0 Å². The number of rotatable bonds is 2. The van der Waals surface area contributed by atoms with Crippen LogP contribution in [-0.4, -0.2) is 35.4 Å². The van der Waals surface area contributed by atoms with E-state index < -0.39 is 5.97 Å². The monoisotopic (exact) mass is 241 g/mol. The first-order chi connectivity index (χ1) is 8.83. The molecule has 0 fully saturated rings. The first-order valence-electron chi connectivity index (χ1n) is 5.67. The molecule has 5 nitrogen and oxygen atoms in total. The zero-order chi connectivity index (χ0) is 12.4. The molecule has 0 saturated heterocycles. The quantitative estimate of drug-likeness (QED) is 0.802. The van der Waals surface area contributed by atoms with Crippen molar-refractivity contribution in [2.75, 3.05) is 13.1 Å². The van der Waals surface area contributed by atoms with E-state index in [9.17, 15) is 4.79 Å². The Kier molecular flexibility index (Phi) is 2.64. The summed E-state index contributed by atoms with van der Waals surface area (Å²) < 4.78 is 0. The normalized spacial score (nSPS) is 14.1. The van der Waals surface area contributed by atoms with Crippen LogP contribution in [0.4, 0.5) is 0 Å². The number of hydrogen-bond acceptors (Lipinski definition) is 5. The van der Waals surface area contributed by atoms with Gasteiger partial charge in [-0.2, -0.15) is 5.06 Å². The van der Waals surface area contributed by atoms with E-state index in [1.165, 1.54) is 11.4 Å². The maximum absolute atomic E-state index is 11.9. The third-order valence-electron chi connectivity index (χ3n) is 2.67. The molecular formula is C13H11N3O2. The second-order valence-corrected chi connectivity index (χ2v) is 3.93. The highest BCUT2D eigenvalue weighted by Crippen LogP contribution is 2.12. The Balaban J connectivity index is 1.84. The van der Waals surface area contributed by atoms with Crippen molar-refractivity contribution in [2.45, 2.75) is 0 Å². The van der Waals surface area contributed by atoms with Gasteiger partial charge in [-0.15, -0.1) is 0 Å². The predicted octanol–water partition coefficient (Wildman–Crippen LogP) is 1.65. The van der Waals surface area contributed by atoms with Crippen LogP contribution in [0.2, 0.25) is 0 Å². The summed E-state index contributed by atoms with van der Waals surface area (Å²) >= 11 is 0. The summed E-state index contributed by atoms with van der Waals surface area (Å²) in [6.07, 6.45) is 1.51. The molecule has 1 aliphatic heterocycles. The topological polar surface area (TPSA) is 54.8 Å².